The molecule has 1 aliphatic heterocycles. The van der Waals surface area contributed by atoms with Crippen LogP contribution in [-0.4, -0.2) is 17.7 Å². The van der Waals surface area contributed by atoms with Crippen molar-refractivity contribution < 1.29 is 4.74 Å². The van der Waals surface area contributed by atoms with Gasteiger partial charge in [0.15, 0.2) is 6.23 Å². The summed E-state index contributed by atoms with van der Waals surface area (Å²) in [5.41, 5.74) is 6.23. The first kappa shape index (κ1) is 16.0. The number of aryl methyl sites for hydroxylation is 2. The maximum atomic E-state index is 6.05. The number of anilines is 1. The van der Waals surface area contributed by atoms with Gasteiger partial charge in [-0.3, -0.25) is 0 Å². The van der Waals surface area contributed by atoms with Crippen LogP contribution in [0.5, 0.6) is 0 Å². The summed E-state index contributed by atoms with van der Waals surface area (Å²) in [6, 6.07) is 19.5. The number of nitrogens with zero attached hydrogens (tertiary/aromatic N) is 2. The van der Waals surface area contributed by atoms with Crippen LogP contribution in [0.25, 0.3) is 5.69 Å². The number of benzene rings is 2. The van der Waals surface area contributed by atoms with Crippen molar-refractivity contribution >= 4 is 5.69 Å². The van der Waals surface area contributed by atoms with Crippen LogP contribution in [0.15, 0.2) is 67.0 Å². The third-order valence-electron chi connectivity index (χ3n) is 4.87. The fraction of sp³-hybridized carbons (Fsp3) is 0.273. The largest absolute Gasteiger partial charge is 0.352 e. The van der Waals surface area contributed by atoms with Crippen LogP contribution in [0.2, 0.25) is 0 Å². The molecule has 3 nitrogen and oxygen atoms in total. The third kappa shape index (κ3) is 3.20. The van der Waals surface area contributed by atoms with Gasteiger partial charge < -0.3 is 14.2 Å². The Bertz CT molecular complexity index is 850. The molecule has 1 fully saturated rings. The van der Waals surface area contributed by atoms with Gasteiger partial charge in [0.05, 0.1) is 6.61 Å². The Morgan fingerprint density at radius 1 is 1.04 bits per heavy atom. The molecule has 0 amide bonds. The molecule has 2 heterocycles. The van der Waals surface area contributed by atoms with E-state index in [1.807, 2.05) is 0 Å². The summed E-state index contributed by atoms with van der Waals surface area (Å²) < 4.78 is 8.22. The first-order chi connectivity index (χ1) is 12.2. The molecule has 0 bridgehead atoms. The Kier molecular flexibility index (Phi) is 4.33. The average molecular weight is 332 g/mol. The minimum atomic E-state index is -0.0152. The van der Waals surface area contributed by atoms with Gasteiger partial charge in [-0.05, 0) is 54.8 Å². The maximum absolute atomic E-state index is 6.05. The Balaban J connectivity index is 1.60. The summed E-state index contributed by atoms with van der Waals surface area (Å²) in [7, 11) is 0. The molecule has 4 rings (SSSR count). The SMILES string of the molecule is CCc1ccc(N2CCO[C@@H]2c2ccn(-c3cccc(C)c3)c2)cc1. The van der Waals surface area contributed by atoms with Gasteiger partial charge in [-0.1, -0.05) is 31.2 Å². The molecule has 0 spiro atoms. The van der Waals surface area contributed by atoms with Gasteiger partial charge in [-0.2, -0.15) is 0 Å². The van der Waals surface area contributed by atoms with Crippen LogP contribution in [0, 0.1) is 6.92 Å². The summed E-state index contributed by atoms with van der Waals surface area (Å²) >= 11 is 0. The molecular weight excluding hydrogens is 308 g/mol. The summed E-state index contributed by atoms with van der Waals surface area (Å²) in [4.78, 5) is 2.34. The van der Waals surface area contributed by atoms with E-state index in [0.29, 0.717) is 0 Å². The van der Waals surface area contributed by atoms with Crippen molar-refractivity contribution in [2.75, 3.05) is 18.1 Å². The van der Waals surface area contributed by atoms with Crippen LogP contribution in [0.4, 0.5) is 5.69 Å². The van der Waals surface area contributed by atoms with E-state index < -0.39 is 0 Å². The quantitative estimate of drug-likeness (QED) is 0.677. The first-order valence-electron chi connectivity index (χ1n) is 8.97. The average Bonchev–Trinajstić information content (AvgIpc) is 3.31. The van der Waals surface area contributed by atoms with Gasteiger partial charge in [-0.25, -0.2) is 0 Å². The lowest BCUT2D eigenvalue weighted by atomic mass is 10.1. The highest BCUT2D eigenvalue weighted by molar-refractivity contribution is 5.50. The molecule has 3 aromatic rings. The van der Waals surface area contributed by atoms with Crippen molar-refractivity contribution in [2.45, 2.75) is 26.5 Å². The normalized spacial score (nSPS) is 17.2. The summed E-state index contributed by atoms with van der Waals surface area (Å²) in [6.07, 6.45) is 5.35. The maximum Gasteiger partial charge on any atom is 0.158 e. The van der Waals surface area contributed by atoms with Crippen molar-refractivity contribution in [3.63, 3.8) is 0 Å². The molecule has 1 aliphatic rings. The van der Waals surface area contributed by atoms with Gasteiger partial charge in [-0.15, -0.1) is 0 Å². The minimum Gasteiger partial charge on any atom is -0.352 e. The van der Waals surface area contributed by atoms with Crippen LogP contribution in [0.1, 0.15) is 29.8 Å². The molecule has 25 heavy (non-hydrogen) atoms. The topological polar surface area (TPSA) is 17.4 Å². The van der Waals surface area contributed by atoms with Crippen molar-refractivity contribution in [3.05, 3.63) is 83.7 Å². The fourth-order valence-electron chi connectivity index (χ4n) is 3.44. The Morgan fingerprint density at radius 3 is 2.64 bits per heavy atom. The molecule has 128 valence electrons. The number of aromatic nitrogens is 1. The second kappa shape index (κ2) is 6.77. The molecule has 0 radical (unpaired) electrons. The van der Waals surface area contributed by atoms with Gasteiger partial charge in [0, 0.05) is 35.9 Å². The van der Waals surface area contributed by atoms with Crippen molar-refractivity contribution in [1.29, 1.82) is 0 Å². The second-order valence-electron chi connectivity index (χ2n) is 6.63. The van der Waals surface area contributed by atoms with Gasteiger partial charge >= 0.3 is 0 Å². The van der Waals surface area contributed by atoms with E-state index in [9.17, 15) is 0 Å². The van der Waals surface area contributed by atoms with Crippen molar-refractivity contribution in [2.24, 2.45) is 0 Å². The predicted molar refractivity (Wildman–Crippen MR) is 102 cm³/mol. The summed E-state index contributed by atoms with van der Waals surface area (Å²) in [5.74, 6) is 0. The lowest BCUT2D eigenvalue weighted by Crippen LogP contribution is -2.22. The molecule has 0 N–H and O–H groups in total. The lowest BCUT2D eigenvalue weighted by Gasteiger charge is -2.24. The minimum absolute atomic E-state index is 0.0152. The molecule has 2 aromatic carbocycles. The van der Waals surface area contributed by atoms with E-state index >= 15 is 0 Å². The molecular formula is C22H24N2O. The second-order valence-corrected chi connectivity index (χ2v) is 6.63. The highest BCUT2D eigenvalue weighted by Gasteiger charge is 2.27. The number of hydrogen-bond donors (Lipinski definition) is 0. The van der Waals surface area contributed by atoms with Crippen LogP contribution in [0.3, 0.4) is 0 Å². The smallest absolute Gasteiger partial charge is 0.158 e. The van der Waals surface area contributed by atoms with E-state index in [0.717, 1.165) is 19.6 Å². The van der Waals surface area contributed by atoms with Crippen molar-refractivity contribution in [1.82, 2.24) is 4.57 Å². The third-order valence-corrected chi connectivity index (χ3v) is 4.87. The molecule has 1 aromatic heterocycles. The number of ether oxygens (including phenoxy) is 1. The van der Waals surface area contributed by atoms with Gasteiger partial charge in [0.1, 0.15) is 0 Å². The Labute approximate surface area is 149 Å². The van der Waals surface area contributed by atoms with Crippen molar-refractivity contribution in [3.8, 4) is 5.69 Å². The van der Waals surface area contributed by atoms with E-state index in [-0.39, 0.29) is 6.23 Å². The molecule has 0 saturated carbocycles. The van der Waals surface area contributed by atoms with Gasteiger partial charge in [0.2, 0.25) is 0 Å². The summed E-state index contributed by atoms with van der Waals surface area (Å²) in [6.45, 7) is 5.99. The molecule has 1 atom stereocenters. The zero-order valence-electron chi connectivity index (χ0n) is 14.9. The molecule has 3 heteroatoms. The Morgan fingerprint density at radius 2 is 1.88 bits per heavy atom. The zero-order chi connectivity index (χ0) is 17.2. The van der Waals surface area contributed by atoms with Crippen LogP contribution in [-0.2, 0) is 11.2 Å². The van der Waals surface area contributed by atoms with Gasteiger partial charge in [0.25, 0.3) is 0 Å². The molecule has 0 unspecified atom stereocenters. The molecule has 0 aliphatic carbocycles. The van der Waals surface area contributed by atoms with E-state index in [4.69, 9.17) is 4.74 Å². The highest BCUT2D eigenvalue weighted by atomic mass is 16.5. The highest BCUT2D eigenvalue weighted by Crippen LogP contribution is 2.33. The lowest BCUT2D eigenvalue weighted by molar-refractivity contribution is 0.114. The predicted octanol–water partition coefficient (Wildman–Crippen LogP) is 4.88. The molecule has 1 saturated heterocycles. The summed E-state index contributed by atoms with van der Waals surface area (Å²) in [5, 5.41) is 0. The standard InChI is InChI=1S/C22H24N2O/c1-3-18-7-9-20(10-8-18)24-13-14-25-22(24)19-11-12-23(16-19)21-6-4-5-17(2)15-21/h4-12,15-16,22H,3,13-14H2,1-2H3/t22-/m1/s1. The van der Waals surface area contributed by atoms with Crippen LogP contribution >= 0.6 is 0 Å². The fourth-order valence-corrected chi connectivity index (χ4v) is 3.44. The monoisotopic (exact) mass is 332 g/mol. The van der Waals surface area contributed by atoms with E-state index in [1.165, 1.54) is 28.1 Å². The Hall–Kier alpha value is -2.52. The van der Waals surface area contributed by atoms with Crippen LogP contribution < -0.4 is 4.90 Å². The zero-order valence-corrected chi connectivity index (χ0v) is 14.9. The first-order valence-corrected chi connectivity index (χ1v) is 8.97. The van der Waals surface area contributed by atoms with E-state index in [2.05, 4.69) is 90.3 Å². The van der Waals surface area contributed by atoms with E-state index in [1.54, 1.807) is 0 Å². The number of hydrogen-bond acceptors (Lipinski definition) is 2. The number of rotatable bonds is 4.